The van der Waals surface area contributed by atoms with Gasteiger partial charge in [0.25, 0.3) is 0 Å². The van der Waals surface area contributed by atoms with Gasteiger partial charge in [0, 0.05) is 49.8 Å². The van der Waals surface area contributed by atoms with Crippen molar-refractivity contribution in [2.24, 2.45) is 17.8 Å². The van der Waals surface area contributed by atoms with Gasteiger partial charge in [0.15, 0.2) is 0 Å². The molecule has 2 unspecified atom stereocenters. The summed E-state index contributed by atoms with van der Waals surface area (Å²) < 4.78 is 26.4. The molecule has 0 saturated carbocycles. The second-order valence-corrected chi connectivity index (χ2v) is 10.1. The topological polar surface area (TPSA) is 62.2 Å². The molecule has 0 spiro atoms. The van der Waals surface area contributed by atoms with Gasteiger partial charge >= 0.3 is 5.97 Å². The van der Waals surface area contributed by atoms with Gasteiger partial charge in [-0.05, 0) is 55.2 Å². The van der Waals surface area contributed by atoms with E-state index in [0.717, 1.165) is 24.4 Å². The van der Waals surface area contributed by atoms with E-state index in [-0.39, 0.29) is 30.3 Å². The Morgan fingerprint density at radius 3 is 2.43 bits per heavy atom. The molecule has 0 radical (unpaired) electrons. The van der Waals surface area contributed by atoms with E-state index in [2.05, 4.69) is 30.6 Å². The Bertz CT molecular complexity index is 1010. The van der Waals surface area contributed by atoms with Crippen molar-refractivity contribution in [3.05, 3.63) is 48.3 Å². The molecule has 2 aromatic carbocycles. The molecule has 2 fully saturated rings. The monoisotopic (exact) mass is 484 g/mol. The molecule has 2 aliphatic rings. The highest BCUT2D eigenvalue weighted by molar-refractivity contribution is 5.69. The number of piperidine rings is 1. The number of nitrogens with zero attached hydrogens (tertiary/aromatic N) is 2. The fourth-order valence-electron chi connectivity index (χ4n) is 5.45. The minimum atomic E-state index is -0.759. The molecule has 2 aliphatic heterocycles. The van der Waals surface area contributed by atoms with Crippen molar-refractivity contribution >= 4 is 17.3 Å². The zero-order chi connectivity index (χ0) is 25.1. The number of rotatable bonds is 8. The molecule has 0 aromatic heterocycles. The van der Waals surface area contributed by atoms with Gasteiger partial charge in [-0.1, -0.05) is 20.8 Å². The van der Waals surface area contributed by atoms with Crippen molar-refractivity contribution in [2.75, 3.05) is 36.0 Å². The van der Waals surface area contributed by atoms with Crippen molar-refractivity contribution in [3.8, 4) is 11.5 Å². The van der Waals surface area contributed by atoms with Crippen LogP contribution in [-0.2, 0) is 4.79 Å². The second kappa shape index (κ2) is 10.8. The van der Waals surface area contributed by atoms with Crippen molar-refractivity contribution in [1.29, 1.82) is 0 Å². The molecule has 4 rings (SSSR count). The van der Waals surface area contributed by atoms with Gasteiger partial charge < -0.3 is 24.4 Å². The van der Waals surface area contributed by atoms with Crippen LogP contribution in [0, 0.1) is 23.6 Å². The first-order chi connectivity index (χ1) is 16.8. The summed E-state index contributed by atoms with van der Waals surface area (Å²) in [5.41, 5.74) is 1.61. The van der Waals surface area contributed by atoms with Gasteiger partial charge in [0.05, 0.1) is 18.7 Å². The second-order valence-electron chi connectivity index (χ2n) is 10.1. The first kappa shape index (κ1) is 25.1. The highest BCUT2D eigenvalue weighted by Crippen LogP contribution is 2.36. The van der Waals surface area contributed by atoms with E-state index in [9.17, 15) is 14.3 Å². The number of carbonyl (C=O) groups is 1. The summed E-state index contributed by atoms with van der Waals surface area (Å²) in [5, 5.41) is 9.36. The van der Waals surface area contributed by atoms with E-state index >= 15 is 0 Å². The minimum absolute atomic E-state index is 0.000224. The summed E-state index contributed by atoms with van der Waals surface area (Å²) in [5.74, 6) is 1.49. The largest absolute Gasteiger partial charge is 0.494 e. The molecule has 2 aromatic rings. The van der Waals surface area contributed by atoms with Gasteiger partial charge in [0.2, 0.25) is 0 Å². The molecule has 0 amide bonds. The fourth-order valence-corrected chi connectivity index (χ4v) is 5.45. The summed E-state index contributed by atoms with van der Waals surface area (Å²) in [4.78, 5) is 15.7. The number of benzene rings is 2. The van der Waals surface area contributed by atoms with Crippen LogP contribution < -0.4 is 19.3 Å². The summed E-state index contributed by atoms with van der Waals surface area (Å²) in [6, 6.07) is 12.9. The smallest absolute Gasteiger partial charge is 0.305 e. The molecular formula is C28H37FN2O4. The quantitative estimate of drug-likeness (QED) is 0.537. The average Bonchev–Trinajstić information content (AvgIpc) is 3.10. The summed E-state index contributed by atoms with van der Waals surface area (Å²) in [7, 11) is 0. The highest BCUT2D eigenvalue weighted by Gasteiger charge is 2.38. The first-order valence-corrected chi connectivity index (χ1v) is 12.7. The standard InChI is InChI=1S/C28H37FN2O4/c1-5-34-23-10-11-24(29)26(14-23)30-13-12-27(19(3)16-30)35-22-8-6-21(7-9-22)31-17-18(2)20(4)25(31)15-28(32)33/h6-11,14,18-20,25,27H,5,12-13,15-17H2,1-4H3,(H,32,33)/t18-,19?,20+,25-,27?/m0/s1. The Balaban J connectivity index is 1.39. The van der Waals surface area contributed by atoms with Crippen LogP contribution in [0.5, 0.6) is 11.5 Å². The fraction of sp³-hybridized carbons (Fsp3) is 0.536. The van der Waals surface area contributed by atoms with E-state index in [4.69, 9.17) is 9.47 Å². The average molecular weight is 485 g/mol. The van der Waals surface area contributed by atoms with Crippen LogP contribution >= 0.6 is 0 Å². The maximum atomic E-state index is 14.5. The number of hydrogen-bond donors (Lipinski definition) is 1. The number of carboxylic acids is 1. The van der Waals surface area contributed by atoms with Crippen molar-refractivity contribution in [3.63, 3.8) is 0 Å². The van der Waals surface area contributed by atoms with E-state index in [1.54, 1.807) is 12.1 Å². The van der Waals surface area contributed by atoms with Crippen molar-refractivity contribution in [1.82, 2.24) is 0 Å². The number of carboxylic acid groups (broad SMARTS) is 1. The van der Waals surface area contributed by atoms with Crippen LogP contribution in [0.2, 0.25) is 0 Å². The molecular weight excluding hydrogens is 447 g/mol. The van der Waals surface area contributed by atoms with E-state index in [0.29, 0.717) is 43.0 Å². The van der Waals surface area contributed by atoms with Crippen LogP contribution in [0.4, 0.5) is 15.8 Å². The Hall–Kier alpha value is -2.96. The normalized spacial score (nSPS) is 26.6. The van der Waals surface area contributed by atoms with Crippen molar-refractivity contribution in [2.45, 2.75) is 52.7 Å². The van der Waals surface area contributed by atoms with Gasteiger partial charge in [0.1, 0.15) is 23.4 Å². The maximum Gasteiger partial charge on any atom is 0.305 e. The van der Waals surface area contributed by atoms with Gasteiger partial charge in [-0.2, -0.15) is 0 Å². The Morgan fingerprint density at radius 1 is 1.06 bits per heavy atom. The minimum Gasteiger partial charge on any atom is -0.494 e. The van der Waals surface area contributed by atoms with Crippen molar-refractivity contribution < 1.29 is 23.8 Å². The number of halogens is 1. The summed E-state index contributed by atoms with van der Waals surface area (Å²) >= 11 is 0. The Kier molecular flexibility index (Phi) is 7.72. The highest BCUT2D eigenvalue weighted by atomic mass is 19.1. The van der Waals surface area contributed by atoms with Gasteiger partial charge in [-0.15, -0.1) is 0 Å². The number of aliphatic carboxylic acids is 1. The van der Waals surface area contributed by atoms with Gasteiger partial charge in [-0.3, -0.25) is 4.79 Å². The van der Waals surface area contributed by atoms with Crippen LogP contribution in [0.1, 0.15) is 40.5 Å². The molecule has 7 heteroatoms. The van der Waals surface area contributed by atoms with E-state index in [1.807, 2.05) is 31.2 Å². The molecule has 2 heterocycles. The predicted octanol–water partition coefficient (Wildman–Crippen LogP) is 5.45. The van der Waals surface area contributed by atoms with Gasteiger partial charge in [-0.25, -0.2) is 4.39 Å². The lowest BCUT2D eigenvalue weighted by Gasteiger charge is -2.38. The first-order valence-electron chi connectivity index (χ1n) is 12.7. The molecule has 35 heavy (non-hydrogen) atoms. The van der Waals surface area contributed by atoms with E-state index < -0.39 is 5.97 Å². The Labute approximate surface area is 207 Å². The number of anilines is 2. The lowest BCUT2D eigenvalue weighted by molar-refractivity contribution is -0.137. The lowest BCUT2D eigenvalue weighted by Crippen LogP contribution is -2.44. The number of hydrogen-bond acceptors (Lipinski definition) is 5. The Morgan fingerprint density at radius 2 is 1.77 bits per heavy atom. The van der Waals surface area contributed by atoms with Crippen LogP contribution in [0.15, 0.2) is 42.5 Å². The third kappa shape index (κ3) is 5.65. The van der Waals surface area contributed by atoms with Crippen LogP contribution in [0.25, 0.3) is 0 Å². The van der Waals surface area contributed by atoms with Crippen LogP contribution in [-0.4, -0.2) is 49.5 Å². The number of ether oxygens (including phenoxy) is 2. The van der Waals surface area contributed by atoms with E-state index in [1.165, 1.54) is 6.07 Å². The molecule has 0 bridgehead atoms. The maximum absolute atomic E-state index is 14.5. The molecule has 190 valence electrons. The third-order valence-electron chi connectivity index (χ3n) is 7.62. The lowest BCUT2D eigenvalue weighted by atomic mass is 9.92. The molecule has 2 saturated heterocycles. The SMILES string of the molecule is CCOc1ccc(F)c(N2CCC(Oc3ccc(N4C[C@H](C)[C@@H](C)[C@@H]4CC(=O)O)cc3)C(C)C2)c1. The molecule has 0 aliphatic carbocycles. The predicted molar refractivity (Wildman–Crippen MR) is 136 cm³/mol. The third-order valence-corrected chi connectivity index (χ3v) is 7.62. The zero-order valence-electron chi connectivity index (χ0n) is 21.1. The summed E-state index contributed by atoms with van der Waals surface area (Å²) in [6.07, 6.45) is 0.985. The molecule has 1 N–H and O–H groups in total. The van der Waals surface area contributed by atoms with Crippen LogP contribution in [0.3, 0.4) is 0 Å². The molecule has 6 nitrogen and oxygen atoms in total. The summed E-state index contributed by atoms with van der Waals surface area (Å²) in [6.45, 7) is 11.2. The zero-order valence-corrected chi connectivity index (χ0v) is 21.1. The molecule has 5 atom stereocenters.